The Hall–Kier alpha value is -0.600. The first-order chi connectivity index (χ1) is 8.90. The van der Waals surface area contributed by atoms with E-state index in [4.69, 9.17) is 0 Å². The van der Waals surface area contributed by atoms with E-state index in [1.807, 2.05) is 22.6 Å². The van der Waals surface area contributed by atoms with Gasteiger partial charge in [0.15, 0.2) is 11.6 Å². The van der Waals surface area contributed by atoms with Crippen LogP contribution in [0.3, 0.4) is 0 Å². The second kappa shape index (κ2) is 5.80. The molecule has 0 heterocycles. The molecule has 1 N–H and O–H groups in total. The van der Waals surface area contributed by atoms with Crippen LogP contribution < -0.4 is 0 Å². The van der Waals surface area contributed by atoms with Crippen molar-refractivity contribution in [2.75, 3.05) is 0 Å². The maximum Gasteiger partial charge on any atom is 0.161 e. The fourth-order valence-electron chi connectivity index (χ4n) is 1.64. The number of benzene rings is 2. The summed E-state index contributed by atoms with van der Waals surface area (Å²) in [5.74, 6) is -3.46. The first-order valence-corrected chi connectivity index (χ1v) is 7.04. The second-order valence-electron chi connectivity index (χ2n) is 3.86. The predicted octanol–water partition coefficient (Wildman–Crippen LogP) is 4.55. The molecule has 0 aliphatic rings. The lowest BCUT2D eigenvalue weighted by Crippen LogP contribution is -2.06. The van der Waals surface area contributed by atoms with Crippen molar-refractivity contribution >= 4 is 38.5 Å². The van der Waals surface area contributed by atoms with Gasteiger partial charge in [0.05, 0.1) is 0 Å². The maximum atomic E-state index is 13.6. The van der Waals surface area contributed by atoms with Gasteiger partial charge in [-0.05, 0) is 52.4 Å². The highest BCUT2D eigenvalue weighted by Gasteiger charge is 2.20. The molecular formula is C13H7BrF3IO. The zero-order valence-electron chi connectivity index (χ0n) is 9.30. The molecule has 2 aromatic carbocycles. The van der Waals surface area contributed by atoms with Crippen molar-refractivity contribution in [2.45, 2.75) is 6.10 Å². The average molecular weight is 443 g/mol. The second-order valence-corrected chi connectivity index (χ2v) is 5.93. The first kappa shape index (κ1) is 14.8. The van der Waals surface area contributed by atoms with E-state index >= 15 is 0 Å². The lowest BCUT2D eigenvalue weighted by Gasteiger charge is -2.15. The minimum absolute atomic E-state index is 0.296. The van der Waals surface area contributed by atoms with Gasteiger partial charge in [-0.3, -0.25) is 0 Å². The van der Waals surface area contributed by atoms with Crippen molar-refractivity contribution in [2.24, 2.45) is 0 Å². The minimum atomic E-state index is -1.36. The van der Waals surface area contributed by atoms with Crippen LogP contribution in [0.15, 0.2) is 34.8 Å². The van der Waals surface area contributed by atoms with E-state index in [0.717, 1.165) is 0 Å². The topological polar surface area (TPSA) is 20.2 Å². The van der Waals surface area contributed by atoms with Crippen LogP contribution in [0, 0.1) is 21.0 Å². The molecule has 0 aliphatic heterocycles. The van der Waals surface area contributed by atoms with E-state index in [0.29, 0.717) is 25.7 Å². The van der Waals surface area contributed by atoms with Crippen LogP contribution in [0.5, 0.6) is 0 Å². The van der Waals surface area contributed by atoms with Crippen LogP contribution >= 0.6 is 38.5 Å². The van der Waals surface area contributed by atoms with Crippen LogP contribution in [0.4, 0.5) is 13.2 Å². The fraction of sp³-hybridized carbons (Fsp3) is 0.0769. The van der Waals surface area contributed by atoms with Crippen molar-refractivity contribution in [1.29, 1.82) is 0 Å². The van der Waals surface area contributed by atoms with Gasteiger partial charge in [0.1, 0.15) is 11.9 Å². The lowest BCUT2D eigenvalue weighted by atomic mass is 10.0. The summed E-state index contributed by atoms with van der Waals surface area (Å²) in [5.41, 5.74) is 0.120. The monoisotopic (exact) mass is 442 g/mol. The molecule has 0 fully saturated rings. The van der Waals surface area contributed by atoms with Gasteiger partial charge in [-0.1, -0.05) is 15.9 Å². The Morgan fingerprint density at radius 2 is 1.58 bits per heavy atom. The maximum absolute atomic E-state index is 13.6. The van der Waals surface area contributed by atoms with Gasteiger partial charge in [-0.15, -0.1) is 0 Å². The van der Waals surface area contributed by atoms with Crippen molar-refractivity contribution in [1.82, 2.24) is 0 Å². The number of aliphatic hydroxyl groups is 1. The van der Waals surface area contributed by atoms with E-state index in [1.54, 1.807) is 18.2 Å². The Labute approximate surface area is 129 Å². The Kier molecular flexibility index (Phi) is 4.52. The van der Waals surface area contributed by atoms with Gasteiger partial charge in [0.2, 0.25) is 0 Å². The van der Waals surface area contributed by atoms with Crippen LogP contribution in [0.1, 0.15) is 17.2 Å². The molecule has 2 rings (SSSR count). The standard InChI is InChI=1S/C13H7BrF3IO/c14-6-1-2-12(18)8(3-6)13(19)7-4-10(16)11(17)5-9(7)15/h1-5,13,19H. The van der Waals surface area contributed by atoms with Crippen LogP contribution in [0.2, 0.25) is 0 Å². The van der Waals surface area contributed by atoms with E-state index in [-0.39, 0.29) is 5.56 Å². The predicted molar refractivity (Wildman–Crippen MR) is 77.2 cm³/mol. The molecule has 0 bridgehead atoms. The number of hydrogen-bond acceptors (Lipinski definition) is 1. The summed E-state index contributed by atoms with van der Waals surface area (Å²) in [6, 6.07) is 6.19. The van der Waals surface area contributed by atoms with Crippen LogP contribution in [0.25, 0.3) is 0 Å². The van der Waals surface area contributed by atoms with E-state index in [9.17, 15) is 18.3 Å². The normalized spacial score (nSPS) is 12.5. The molecular weight excluding hydrogens is 436 g/mol. The Morgan fingerprint density at radius 3 is 2.26 bits per heavy atom. The zero-order valence-corrected chi connectivity index (χ0v) is 13.0. The fourth-order valence-corrected chi connectivity index (χ4v) is 2.65. The molecule has 0 saturated carbocycles. The average Bonchev–Trinajstić information content (AvgIpc) is 2.36. The van der Waals surface area contributed by atoms with E-state index in [1.165, 1.54) is 0 Å². The molecule has 1 nitrogen and oxygen atoms in total. The van der Waals surface area contributed by atoms with Gasteiger partial charge in [0, 0.05) is 19.7 Å². The van der Waals surface area contributed by atoms with Crippen molar-refractivity contribution in [3.8, 4) is 0 Å². The number of hydrogen-bond donors (Lipinski definition) is 1. The summed E-state index contributed by atoms with van der Waals surface area (Å²) in [6.07, 6.45) is -1.36. The molecule has 1 atom stereocenters. The van der Waals surface area contributed by atoms with Crippen LogP contribution in [-0.4, -0.2) is 5.11 Å². The number of rotatable bonds is 2. The largest absolute Gasteiger partial charge is 0.384 e. The summed E-state index contributed by atoms with van der Waals surface area (Å²) in [5, 5.41) is 10.1. The highest BCUT2D eigenvalue weighted by molar-refractivity contribution is 14.1. The van der Waals surface area contributed by atoms with Crippen molar-refractivity contribution in [3.63, 3.8) is 0 Å². The summed E-state index contributed by atoms with van der Waals surface area (Å²) in [4.78, 5) is 0. The minimum Gasteiger partial charge on any atom is -0.384 e. The third-order valence-electron chi connectivity index (χ3n) is 2.59. The highest BCUT2D eigenvalue weighted by Crippen LogP contribution is 2.31. The third kappa shape index (κ3) is 3.11. The number of halogens is 5. The van der Waals surface area contributed by atoms with Gasteiger partial charge >= 0.3 is 0 Å². The van der Waals surface area contributed by atoms with Gasteiger partial charge in [-0.2, -0.15) is 0 Å². The summed E-state index contributed by atoms with van der Waals surface area (Å²) < 4.78 is 41.0. The zero-order chi connectivity index (χ0) is 14.2. The van der Waals surface area contributed by atoms with Gasteiger partial charge in [0.25, 0.3) is 0 Å². The Balaban J connectivity index is 2.52. The molecule has 0 aliphatic carbocycles. The van der Waals surface area contributed by atoms with E-state index in [2.05, 4.69) is 15.9 Å². The number of aliphatic hydroxyl groups excluding tert-OH is 1. The summed E-state index contributed by atoms with van der Waals surface area (Å²) in [7, 11) is 0. The Bertz CT molecular complexity index is 634. The lowest BCUT2D eigenvalue weighted by molar-refractivity contribution is 0.213. The SMILES string of the molecule is OC(c1cc(F)c(F)cc1F)c1cc(Br)ccc1I. The molecule has 0 spiro atoms. The van der Waals surface area contributed by atoms with Gasteiger partial charge in [-0.25, -0.2) is 13.2 Å². The molecule has 2 aromatic rings. The smallest absolute Gasteiger partial charge is 0.161 e. The molecule has 1 unspecified atom stereocenters. The molecule has 19 heavy (non-hydrogen) atoms. The van der Waals surface area contributed by atoms with Gasteiger partial charge < -0.3 is 5.11 Å². The molecule has 0 amide bonds. The summed E-state index contributed by atoms with van der Waals surface area (Å²) >= 11 is 5.21. The molecule has 100 valence electrons. The van der Waals surface area contributed by atoms with Crippen LogP contribution in [-0.2, 0) is 0 Å². The third-order valence-corrected chi connectivity index (χ3v) is 4.06. The molecule has 0 saturated heterocycles. The molecule has 0 aromatic heterocycles. The van der Waals surface area contributed by atoms with Crippen molar-refractivity contribution < 1.29 is 18.3 Å². The first-order valence-electron chi connectivity index (χ1n) is 5.17. The Morgan fingerprint density at radius 1 is 0.947 bits per heavy atom. The van der Waals surface area contributed by atoms with E-state index < -0.39 is 23.6 Å². The molecule has 6 heteroatoms. The molecule has 0 radical (unpaired) electrons. The quantitative estimate of drug-likeness (QED) is 0.534. The summed E-state index contributed by atoms with van der Waals surface area (Å²) in [6.45, 7) is 0. The highest BCUT2D eigenvalue weighted by atomic mass is 127. The van der Waals surface area contributed by atoms with Crippen molar-refractivity contribution in [3.05, 3.63) is 67.0 Å².